The van der Waals surface area contributed by atoms with Crippen LogP contribution in [0, 0.1) is 6.92 Å². The highest BCUT2D eigenvalue weighted by molar-refractivity contribution is 5.97. The molecule has 79 heavy (non-hydrogen) atoms. The number of aryl methyl sites for hydroxylation is 1. The first-order chi connectivity index (χ1) is 38.6. The Labute approximate surface area is 463 Å². The van der Waals surface area contributed by atoms with Crippen LogP contribution in [0.1, 0.15) is 87.5 Å². The second-order valence-corrected chi connectivity index (χ2v) is 22.6. The largest absolute Gasteiger partial charge is 0.397 e. The molecular formula is C75H58N4. The minimum Gasteiger partial charge on any atom is -0.397 e. The van der Waals surface area contributed by atoms with Crippen molar-refractivity contribution in [1.29, 1.82) is 0 Å². The summed E-state index contributed by atoms with van der Waals surface area (Å²) in [6.45, 7) is 9.41. The zero-order valence-electron chi connectivity index (χ0n) is 44.8. The van der Waals surface area contributed by atoms with E-state index in [1.165, 1.54) is 100 Å². The number of rotatable bonds is 8. The molecular weight excluding hydrogens is 957 g/mol. The summed E-state index contributed by atoms with van der Waals surface area (Å²) in [6, 6.07) is 90.0. The summed E-state index contributed by atoms with van der Waals surface area (Å²) in [6.07, 6.45) is 4.69. The van der Waals surface area contributed by atoms with Gasteiger partial charge in [-0.15, -0.1) is 0 Å². The van der Waals surface area contributed by atoms with Crippen molar-refractivity contribution in [3.63, 3.8) is 0 Å². The molecule has 0 heterocycles. The number of benzene rings is 11. The third kappa shape index (κ3) is 6.87. The molecule has 0 aliphatic heterocycles. The van der Waals surface area contributed by atoms with Gasteiger partial charge < -0.3 is 21.3 Å². The van der Waals surface area contributed by atoms with Crippen LogP contribution in [-0.4, -0.2) is 0 Å². The molecule has 11 aromatic rings. The zero-order chi connectivity index (χ0) is 53.2. The SMILES string of the molecule is Cc1ccc2c(c1)C1(c3cc(N(c4ccccc4)c4cc5c(cc4Nc4ccccc4)-c4ccccc4C5(C)C)ccc3C=C2)c2ccccc2-c2cc(C3(C)c4ccccc4-c4ccc(Nc5ccccc5N)cc43)ccc21. The van der Waals surface area contributed by atoms with E-state index in [9.17, 15) is 0 Å². The number of nitrogen functional groups attached to an aromatic ring is 1. The molecule has 4 aliphatic carbocycles. The van der Waals surface area contributed by atoms with E-state index in [1.54, 1.807) is 0 Å². The Hall–Kier alpha value is -9.64. The monoisotopic (exact) mass is 1010 g/mol. The van der Waals surface area contributed by atoms with Gasteiger partial charge in [0.05, 0.1) is 28.2 Å². The Morgan fingerprint density at radius 2 is 0.949 bits per heavy atom. The highest BCUT2D eigenvalue weighted by atomic mass is 15.2. The van der Waals surface area contributed by atoms with Gasteiger partial charge in [0, 0.05) is 33.6 Å². The van der Waals surface area contributed by atoms with E-state index in [4.69, 9.17) is 5.73 Å². The molecule has 0 bridgehead atoms. The molecule has 15 rings (SSSR count). The summed E-state index contributed by atoms with van der Waals surface area (Å²) in [4.78, 5) is 2.49. The molecule has 4 N–H and O–H groups in total. The van der Waals surface area contributed by atoms with Crippen LogP contribution in [0.4, 0.5) is 45.5 Å². The predicted molar refractivity (Wildman–Crippen MR) is 331 cm³/mol. The first-order valence-corrected chi connectivity index (χ1v) is 27.6. The number of hydrogen-bond donors (Lipinski definition) is 3. The molecule has 4 aliphatic rings. The second-order valence-electron chi connectivity index (χ2n) is 22.6. The fraction of sp³-hybridized carbons (Fsp3) is 0.0933. The standard InChI is InChI=1S/C75H58N4/c1-47-31-32-48-33-34-49-35-38-54(79(53-21-9-6-10-22-53)72-46-67-60(45-71(72)77-51-19-7-5-8-20-51)56-24-11-14-26-61(56)73(67,2)3)44-66(49)75(65(48)41-47)63-28-16-13-25-57(63)59-42-50(36-40-64(59)75)74(4)62-27-15-12-23-55(62)58-39-37-52(43-68(58)74)78-70-30-18-17-29-69(70)76/h5-46,77-78H,76H2,1-4H3. The maximum atomic E-state index is 6.50. The van der Waals surface area contributed by atoms with Gasteiger partial charge in [-0.2, -0.15) is 0 Å². The fourth-order valence-electron chi connectivity index (χ4n) is 14.1. The van der Waals surface area contributed by atoms with Crippen LogP contribution >= 0.6 is 0 Å². The Bertz CT molecular complexity index is 4340. The van der Waals surface area contributed by atoms with Crippen molar-refractivity contribution in [3.8, 4) is 33.4 Å². The van der Waals surface area contributed by atoms with E-state index >= 15 is 0 Å². The minimum absolute atomic E-state index is 0.218. The summed E-state index contributed by atoms with van der Waals surface area (Å²) in [5.74, 6) is 0. The van der Waals surface area contributed by atoms with E-state index in [0.717, 1.165) is 45.5 Å². The van der Waals surface area contributed by atoms with Crippen molar-refractivity contribution in [2.75, 3.05) is 21.3 Å². The van der Waals surface area contributed by atoms with E-state index in [1.807, 2.05) is 24.3 Å². The quantitative estimate of drug-likeness (QED) is 0.133. The van der Waals surface area contributed by atoms with E-state index < -0.39 is 10.8 Å². The number of nitrogens with zero attached hydrogens (tertiary/aromatic N) is 1. The summed E-state index contributed by atoms with van der Waals surface area (Å²) in [5.41, 5.74) is 35.9. The van der Waals surface area contributed by atoms with Gasteiger partial charge in [0.15, 0.2) is 0 Å². The van der Waals surface area contributed by atoms with Crippen LogP contribution in [-0.2, 0) is 16.2 Å². The van der Waals surface area contributed by atoms with Crippen LogP contribution in [0.2, 0.25) is 0 Å². The summed E-state index contributed by atoms with van der Waals surface area (Å²) in [5, 5.41) is 7.61. The number of hydrogen-bond acceptors (Lipinski definition) is 4. The van der Waals surface area contributed by atoms with Gasteiger partial charge in [0.1, 0.15) is 0 Å². The summed E-state index contributed by atoms with van der Waals surface area (Å²) in [7, 11) is 0. The molecule has 2 unspecified atom stereocenters. The highest BCUT2D eigenvalue weighted by Crippen LogP contribution is 2.62. The van der Waals surface area contributed by atoms with Crippen molar-refractivity contribution in [1.82, 2.24) is 0 Å². The first kappa shape index (κ1) is 46.6. The van der Waals surface area contributed by atoms with Crippen molar-refractivity contribution in [2.45, 2.75) is 43.9 Å². The lowest BCUT2D eigenvalue weighted by molar-refractivity contribution is 0.660. The van der Waals surface area contributed by atoms with Gasteiger partial charge in [-0.3, -0.25) is 0 Å². The number of para-hydroxylation sites is 4. The highest BCUT2D eigenvalue weighted by Gasteiger charge is 2.50. The number of fused-ring (bicyclic) bond motifs is 15. The van der Waals surface area contributed by atoms with Gasteiger partial charge in [-0.1, -0.05) is 195 Å². The van der Waals surface area contributed by atoms with Crippen LogP contribution in [0.3, 0.4) is 0 Å². The Morgan fingerprint density at radius 1 is 0.367 bits per heavy atom. The molecule has 2 atom stereocenters. The molecule has 0 aromatic heterocycles. The molecule has 378 valence electrons. The summed E-state index contributed by atoms with van der Waals surface area (Å²) < 4.78 is 0. The third-order valence-electron chi connectivity index (χ3n) is 17.9. The minimum atomic E-state index is -0.686. The van der Waals surface area contributed by atoms with Crippen molar-refractivity contribution in [3.05, 3.63) is 309 Å². The maximum Gasteiger partial charge on any atom is 0.0725 e. The van der Waals surface area contributed by atoms with Gasteiger partial charge in [-0.05, 0) is 187 Å². The van der Waals surface area contributed by atoms with Crippen LogP contribution < -0.4 is 21.3 Å². The lowest BCUT2D eigenvalue weighted by Crippen LogP contribution is -2.30. The smallest absolute Gasteiger partial charge is 0.0725 e. The van der Waals surface area contributed by atoms with Crippen LogP contribution in [0.15, 0.2) is 243 Å². The van der Waals surface area contributed by atoms with E-state index in [2.05, 4.69) is 274 Å². The molecule has 11 aromatic carbocycles. The molecule has 0 saturated carbocycles. The van der Waals surface area contributed by atoms with Crippen molar-refractivity contribution in [2.24, 2.45) is 0 Å². The molecule has 4 heteroatoms. The zero-order valence-corrected chi connectivity index (χ0v) is 44.8. The Kier molecular flexibility index (Phi) is 10.3. The number of anilines is 8. The van der Waals surface area contributed by atoms with Crippen molar-refractivity contribution >= 4 is 57.7 Å². The average molecular weight is 1020 g/mol. The van der Waals surface area contributed by atoms with Gasteiger partial charge in [-0.25, -0.2) is 0 Å². The molecule has 4 nitrogen and oxygen atoms in total. The summed E-state index contributed by atoms with van der Waals surface area (Å²) >= 11 is 0. The van der Waals surface area contributed by atoms with Crippen molar-refractivity contribution < 1.29 is 0 Å². The first-order valence-electron chi connectivity index (χ1n) is 27.6. The topological polar surface area (TPSA) is 53.3 Å². The van der Waals surface area contributed by atoms with E-state index in [-0.39, 0.29) is 5.41 Å². The molecule has 0 saturated heterocycles. The Balaban J connectivity index is 0.962. The molecule has 1 spiro atoms. The van der Waals surface area contributed by atoms with Gasteiger partial charge in [0.25, 0.3) is 0 Å². The number of nitrogens with two attached hydrogens (primary N) is 1. The molecule has 0 radical (unpaired) electrons. The second kappa shape index (κ2) is 17.4. The molecule has 0 fully saturated rings. The third-order valence-corrected chi connectivity index (χ3v) is 17.9. The van der Waals surface area contributed by atoms with E-state index in [0.29, 0.717) is 0 Å². The van der Waals surface area contributed by atoms with Gasteiger partial charge >= 0.3 is 0 Å². The van der Waals surface area contributed by atoms with Crippen LogP contribution in [0.25, 0.3) is 45.5 Å². The fourth-order valence-corrected chi connectivity index (χ4v) is 14.1. The Morgan fingerprint density at radius 3 is 1.71 bits per heavy atom. The lowest BCUT2D eigenvalue weighted by atomic mass is 9.65. The maximum absolute atomic E-state index is 6.50. The molecule has 0 amide bonds. The van der Waals surface area contributed by atoms with Crippen LogP contribution in [0.5, 0.6) is 0 Å². The lowest BCUT2D eigenvalue weighted by Gasteiger charge is -2.37. The van der Waals surface area contributed by atoms with Gasteiger partial charge in [0.2, 0.25) is 0 Å². The number of nitrogens with one attached hydrogen (secondary N) is 2. The normalized spacial score (nSPS) is 17.1. The average Bonchev–Trinajstić information content (AvgIpc) is 3.79. The predicted octanol–water partition coefficient (Wildman–Crippen LogP) is 19.0.